The van der Waals surface area contributed by atoms with Gasteiger partial charge in [-0.3, -0.25) is 4.52 Å². The maximum absolute atomic E-state index is 11.8. The number of rotatable bonds is 5. The third-order valence-electron chi connectivity index (χ3n) is 1.47. The largest absolute Gasteiger partial charge is 0.469 e. The standard InChI is InChI=1S/C5H10F3O7P/c6-5(7,8)4(11)3(10)2(9)1-15-16(12,13)14/h2-4,9-11H,1H2,(H2,12,13,14)/t2-,3+,4?/m1/s1. The molecule has 0 heterocycles. The van der Waals surface area contributed by atoms with E-state index in [4.69, 9.17) is 25.1 Å². The van der Waals surface area contributed by atoms with Crippen LogP contribution in [0.4, 0.5) is 13.2 Å². The Morgan fingerprint density at radius 3 is 1.94 bits per heavy atom. The van der Waals surface area contributed by atoms with Crippen molar-refractivity contribution in [2.75, 3.05) is 6.61 Å². The van der Waals surface area contributed by atoms with E-state index in [1.54, 1.807) is 0 Å². The van der Waals surface area contributed by atoms with E-state index >= 15 is 0 Å². The monoisotopic (exact) mass is 270 g/mol. The normalized spacial score (nSPS) is 19.2. The van der Waals surface area contributed by atoms with Crippen molar-refractivity contribution >= 4 is 7.82 Å². The van der Waals surface area contributed by atoms with Crippen molar-refractivity contribution in [3.05, 3.63) is 0 Å². The summed E-state index contributed by atoms with van der Waals surface area (Å²) in [7, 11) is -4.96. The van der Waals surface area contributed by atoms with Crippen molar-refractivity contribution in [1.29, 1.82) is 0 Å². The highest BCUT2D eigenvalue weighted by atomic mass is 31.2. The van der Waals surface area contributed by atoms with E-state index in [1.165, 1.54) is 0 Å². The van der Waals surface area contributed by atoms with Crippen LogP contribution in [0.5, 0.6) is 0 Å². The fourth-order valence-electron chi connectivity index (χ4n) is 0.676. The second-order valence-electron chi connectivity index (χ2n) is 2.83. The first-order valence-electron chi connectivity index (χ1n) is 3.76. The maximum atomic E-state index is 11.8. The fourth-order valence-corrected chi connectivity index (χ4v) is 1.02. The van der Waals surface area contributed by atoms with Gasteiger partial charge in [-0.25, -0.2) is 4.57 Å². The van der Waals surface area contributed by atoms with E-state index in [1.807, 2.05) is 0 Å². The lowest BCUT2D eigenvalue weighted by atomic mass is 10.1. The second kappa shape index (κ2) is 5.41. The number of hydrogen-bond acceptors (Lipinski definition) is 5. The third-order valence-corrected chi connectivity index (χ3v) is 1.95. The van der Waals surface area contributed by atoms with Crippen molar-refractivity contribution in [1.82, 2.24) is 0 Å². The first kappa shape index (κ1) is 15.8. The maximum Gasteiger partial charge on any atom is 0.469 e. The summed E-state index contributed by atoms with van der Waals surface area (Å²) in [5.41, 5.74) is 0. The van der Waals surface area contributed by atoms with Crippen molar-refractivity contribution in [3.8, 4) is 0 Å². The van der Waals surface area contributed by atoms with Gasteiger partial charge in [-0.2, -0.15) is 13.2 Å². The van der Waals surface area contributed by atoms with Crippen LogP contribution >= 0.6 is 7.82 Å². The Labute approximate surface area is 87.3 Å². The number of halogens is 3. The van der Waals surface area contributed by atoms with Crippen LogP contribution in [0.25, 0.3) is 0 Å². The average Bonchev–Trinajstić information content (AvgIpc) is 2.09. The Hall–Kier alpha value is -0.220. The topological polar surface area (TPSA) is 127 Å². The fraction of sp³-hybridized carbons (Fsp3) is 1.00. The van der Waals surface area contributed by atoms with Crippen LogP contribution in [0.1, 0.15) is 0 Å². The Balaban J connectivity index is 4.29. The number of phosphoric acid groups is 1. The summed E-state index contributed by atoms with van der Waals surface area (Å²) in [6.07, 6.45) is -13.3. The summed E-state index contributed by atoms with van der Waals surface area (Å²) >= 11 is 0. The lowest BCUT2D eigenvalue weighted by molar-refractivity contribution is -0.243. The highest BCUT2D eigenvalue weighted by molar-refractivity contribution is 7.46. The van der Waals surface area contributed by atoms with Crippen molar-refractivity contribution in [3.63, 3.8) is 0 Å². The lowest BCUT2D eigenvalue weighted by Gasteiger charge is -2.24. The predicted molar refractivity (Wildman–Crippen MR) is 42.1 cm³/mol. The molecule has 0 aliphatic rings. The van der Waals surface area contributed by atoms with Gasteiger partial charge in [-0.1, -0.05) is 0 Å². The SMILES string of the molecule is O=P(O)(O)OC[C@@H](O)[C@H](O)C(O)C(F)(F)F. The molecule has 0 rings (SSSR count). The summed E-state index contributed by atoms with van der Waals surface area (Å²) < 4.78 is 49.2. The molecule has 11 heteroatoms. The zero-order chi connectivity index (χ0) is 13.1. The van der Waals surface area contributed by atoms with E-state index in [2.05, 4.69) is 4.52 Å². The van der Waals surface area contributed by atoms with Crippen LogP contribution in [0, 0.1) is 0 Å². The second-order valence-corrected chi connectivity index (χ2v) is 4.07. The molecule has 1 unspecified atom stereocenters. The molecule has 98 valence electrons. The average molecular weight is 270 g/mol. The van der Waals surface area contributed by atoms with E-state index in [-0.39, 0.29) is 0 Å². The summed E-state index contributed by atoms with van der Waals surface area (Å²) in [6, 6.07) is 0. The molecule has 0 fully saturated rings. The van der Waals surface area contributed by atoms with Crippen LogP contribution in [0.2, 0.25) is 0 Å². The van der Waals surface area contributed by atoms with Crippen LogP contribution in [-0.4, -0.2) is 56.2 Å². The third kappa shape index (κ3) is 5.75. The van der Waals surface area contributed by atoms with Gasteiger partial charge >= 0.3 is 14.0 Å². The molecule has 7 nitrogen and oxygen atoms in total. The molecule has 0 saturated heterocycles. The smallest absolute Gasteiger partial charge is 0.388 e. The Morgan fingerprint density at radius 2 is 1.62 bits per heavy atom. The van der Waals surface area contributed by atoms with Gasteiger partial charge in [0, 0.05) is 0 Å². The summed E-state index contributed by atoms with van der Waals surface area (Å²) in [4.78, 5) is 16.3. The summed E-state index contributed by atoms with van der Waals surface area (Å²) in [5.74, 6) is 0. The van der Waals surface area contributed by atoms with Crippen molar-refractivity contribution < 1.29 is 47.4 Å². The minimum absolute atomic E-state index is 1.25. The zero-order valence-electron chi connectivity index (χ0n) is 7.57. The molecule has 0 aromatic carbocycles. The highest BCUT2D eigenvalue weighted by Gasteiger charge is 2.45. The number of aliphatic hydroxyl groups is 3. The first-order valence-corrected chi connectivity index (χ1v) is 5.29. The molecule has 0 radical (unpaired) electrons. The molecule has 0 aliphatic carbocycles. The van der Waals surface area contributed by atoms with Gasteiger partial charge in [0.15, 0.2) is 6.10 Å². The quantitative estimate of drug-likeness (QED) is 0.394. The molecule has 16 heavy (non-hydrogen) atoms. The molecule has 0 aliphatic heterocycles. The first-order chi connectivity index (χ1) is 6.95. The Bertz CT molecular complexity index is 263. The van der Waals surface area contributed by atoms with Gasteiger partial charge in [-0.05, 0) is 0 Å². The summed E-state index contributed by atoms with van der Waals surface area (Å²) in [6.45, 7) is -1.25. The molecule has 0 amide bonds. The van der Waals surface area contributed by atoms with E-state index in [0.29, 0.717) is 0 Å². The lowest BCUT2D eigenvalue weighted by Crippen LogP contribution is -2.47. The number of hydrogen-bond donors (Lipinski definition) is 5. The van der Waals surface area contributed by atoms with Crippen LogP contribution in [-0.2, 0) is 9.09 Å². The minimum atomic E-state index is -5.16. The van der Waals surface area contributed by atoms with Gasteiger partial charge in [0.2, 0.25) is 0 Å². The van der Waals surface area contributed by atoms with Gasteiger partial charge < -0.3 is 25.1 Å². The molecule has 5 N–H and O–H groups in total. The van der Waals surface area contributed by atoms with Gasteiger partial charge in [0.25, 0.3) is 0 Å². The van der Waals surface area contributed by atoms with Crippen LogP contribution in [0.3, 0.4) is 0 Å². The molecule has 0 bridgehead atoms. The van der Waals surface area contributed by atoms with Gasteiger partial charge in [-0.15, -0.1) is 0 Å². The number of phosphoric ester groups is 1. The van der Waals surface area contributed by atoms with Crippen molar-refractivity contribution in [2.24, 2.45) is 0 Å². The predicted octanol–water partition coefficient (Wildman–Crippen LogP) is -1.26. The number of aliphatic hydroxyl groups excluding tert-OH is 3. The number of alkyl halides is 3. The van der Waals surface area contributed by atoms with Gasteiger partial charge in [0.1, 0.15) is 12.2 Å². The summed E-state index contributed by atoms with van der Waals surface area (Å²) in [5, 5.41) is 26.1. The molecular formula is C5H10F3O7P. The molecule has 0 saturated carbocycles. The molecule has 0 aromatic rings. The van der Waals surface area contributed by atoms with E-state index in [9.17, 15) is 17.7 Å². The molecular weight excluding hydrogens is 260 g/mol. The van der Waals surface area contributed by atoms with E-state index < -0.39 is 38.9 Å². The van der Waals surface area contributed by atoms with Crippen molar-refractivity contribution in [2.45, 2.75) is 24.5 Å². The molecule has 0 spiro atoms. The molecule has 3 atom stereocenters. The zero-order valence-corrected chi connectivity index (χ0v) is 8.47. The highest BCUT2D eigenvalue weighted by Crippen LogP contribution is 2.36. The molecule has 0 aromatic heterocycles. The minimum Gasteiger partial charge on any atom is -0.388 e. The Morgan fingerprint density at radius 1 is 1.19 bits per heavy atom. The Kier molecular flexibility index (Phi) is 5.33. The van der Waals surface area contributed by atoms with Crippen LogP contribution in [0.15, 0.2) is 0 Å². The van der Waals surface area contributed by atoms with Crippen LogP contribution < -0.4 is 0 Å². The van der Waals surface area contributed by atoms with Gasteiger partial charge in [0.05, 0.1) is 6.61 Å². The van der Waals surface area contributed by atoms with E-state index in [0.717, 1.165) is 0 Å².